The van der Waals surface area contributed by atoms with Crippen LogP contribution in [-0.4, -0.2) is 47.4 Å². The Morgan fingerprint density at radius 3 is 2.47 bits per heavy atom. The number of likely N-dealkylation sites (tertiary alicyclic amines) is 1. The fourth-order valence-corrected chi connectivity index (χ4v) is 2.39. The van der Waals surface area contributed by atoms with E-state index in [9.17, 15) is 0 Å². The molecule has 106 valence electrons. The number of hydrogen-bond acceptors (Lipinski definition) is 5. The molecule has 1 fully saturated rings. The monoisotopic (exact) mass is 265 g/mol. The van der Waals surface area contributed by atoms with Crippen LogP contribution in [0.25, 0.3) is 0 Å². The maximum atomic E-state index is 5.91. The third-order valence-electron chi connectivity index (χ3n) is 3.60. The first-order chi connectivity index (χ1) is 9.10. The molecule has 1 aliphatic rings. The standard InChI is InChI=1S/C14H23N3O2/c1-10(2)17-7-5-12(6-8-17)19-13-9-11(3)14(18-4)16-15-13/h9-10,12H,5-8H2,1-4H3. The zero-order valence-electron chi connectivity index (χ0n) is 12.2. The fraction of sp³-hybridized carbons (Fsp3) is 0.714. The zero-order chi connectivity index (χ0) is 13.8. The van der Waals surface area contributed by atoms with Crippen LogP contribution < -0.4 is 9.47 Å². The summed E-state index contributed by atoms with van der Waals surface area (Å²) in [6.07, 6.45) is 2.34. The molecule has 0 atom stereocenters. The van der Waals surface area contributed by atoms with Crippen LogP contribution in [0, 0.1) is 6.92 Å². The molecule has 2 rings (SSSR count). The summed E-state index contributed by atoms with van der Waals surface area (Å²) in [6, 6.07) is 2.50. The van der Waals surface area contributed by atoms with Gasteiger partial charge in [0.15, 0.2) is 0 Å². The van der Waals surface area contributed by atoms with Gasteiger partial charge in [0.1, 0.15) is 6.10 Å². The second-order valence-corrected chi connectivity index (χ2v) is 5.32. The summed E-state index contributed by atoms with van der Waals surface area (Å²) in [5, 5.41) is 8.05. The predicted octanol–water partition coefficient (Wildman–Crippen LogP) is 2.05. The van der Waals surface area contributed by atoms with Crippen molar-refractivity contribution >= 4 is 0 Å². The van der Waals surface area contributed by atoms with Crippen molar-refractivity contribution in [2.75, 3.05) is 20.2 Å². The van der Waals surface area contributed by atoms with Crippen LogP contribution in [0.3, 0.4) is 0 Å². The number of nitrogens with zero attached hydrogens (tertiary/aromatic N) is 3. The minimum atomic E-state index is 0.247. The van der Waals surface area contributed by atoms with Crippen LogP contribution in [0.5, 0.6) is 11.8 Å². The first kappa shape index (κ1) is 14.1. The van der Waals surface area contributed by atoms with Crippen LogP contribution in [0.4, 0.5) is 0 Å². The molecule has 1 aliphatic heterocycles. The molecular formula is C14H23N3O2. The van der Waals surface area contributed by atoms with Gasteiger partial charge in [-0.05, 0) is 33.6 Å². The van der Waals surface area contributed by atoms with Gasteiger partial charge in [-0.2, -0.15) is 0 Å². The van der Waals surface area contributed by atoms with Crippen molar-refractivity contribution in [3.05, 3.63) is 11.6 Å². The van der Waals surface area contributed by atoms with Gasteiger partial charge in [0.05, 0.1) is 7.11 Å². The molecule has 0 N–H and O–H groups in total. The van der Waals surface area contributed by atoms with Crippen LogP contribution in [0.2, 0.25) is 0 Å². The first-order valence-corrected chi connectivity index (χ1v) is 6.89. The minimum absolute atomic E-state index is 0.247. The van der Waals surface area contributed by atoms with E-state index in [1.165, 1.54) is 0 Å². The summed E-state index contributed by atoms with van der Waals surface area (Å²) < 4.78 is 11.0. The van der Waals surface area contributed by atoms with Crippen molar-refractivity contribution in [3.8, 4) is 11.8 Å². The maximum absolute atomic E-state index is 5.91. The Hall–Kier alpha value is -1.36. The number of methoxy groups -OCH3 is 1. The third-order valence-corrected chi connectivity index (χ3v) is 3.60. The summed E-state index contributed by atoms with van der Waals surface area (Å²) >= 11 is 0. The SMILES string of the molecule is COc1nnc(OC2CCN(C(C)C)CC2)cc1C. The highest BCUT2D eigenvalue weighted by Gasteiger charge is 2.22. The number of piperidine rings is 1. The number of hydrogen-bond donors (Lipinski definition) is 0. The van der Waals surface area contributed by atoms with Crippen LogP contribution >= 0.6 is 0 Å². The molecule has 19 heavy (non-hydrogen) atoms. The summed E-state index contributed by atoms with van der Waals surface area (Å²) in [4.78, 5) is 2.48. The molecule has 0 saturated carbocycles. The van der Waals surface area contributed by atoms with E-state index in [1.54, 1.807) is 7.11 Å². The van der Waals surface area contributed by atoms with Gasteiger partial charge in [-0.1, -0.05) is 0 Å². The number of aromatic nitrogens is 2. The number of aryl methyl sites for hydroxylation is 1. The number of ether oxygens (including phenoxy) is 2. The van der Waals surface area contributed by atoms with E-state index in [1.807, 2.05) is 13.0 Å². The predicted molar refractivity (Wildman–Crippen MR) is 73.7 cm³/mol. The average Bonchev–Trinajstić information content (AvgIpc) is 2.39. The van der Waals surface area contributed by atoms with Crippen molar-refractivity contribution < 1.29 is 9.47 Å². The Labute approximate surface area is 114 Å². The molecule has 0 spiro atoms. The van der Waals surface area contributed by atoms with Gasteiger partial charge in [-0.25, -0.2) is 0 Å². The minimum Gasteiger partial charge on any atom is -0.480 e. The van der Waals surface area contributed by atoms with E-state index in [0.29, 0.717) is 17.8 Å². The maximum Gasteiger partial charge on any atom is 0.236 e. The zero-order valence-corrected chi connectivity index (χ0v) is 12.2. The number of rotatable bonds is 4. The normalized spacial score (nSPS) is 17.7. The highest BCUT2D eigenvalue weighted by atomic mass is 16.5. The molecular weight excluding hydrogens is 242 g/mol. The topological polar surface area (TPSA) is 47.5 Å². The second kappa shape index (κ2) is 6.19. The summed E-state index contributed by atoms with van der Waals surface area (Å²) in [5.74, 6) is 1.16. The molecule has 0 radical (unpaired) electrons. The van der Waals surface area contributed by atoms with Gasteiger partial charge >= 0.3 is 0 Å². The lowest BCUT2D eigenvalue weighted by Gasteiger charge is -2.34. The lowest BCUT2D eigenvalue weighted by molar-refractivity contribution is 0.0803. The van der Waals surface area contributed by atoms with Crippen molar-refractivity contribution in [2.45, 2.75) is 45.8 Å². The van der Waals surface area contributed by atoms with Crippen molar-refractivity contribution in [3.63, 3.8) is 0 Å². The van der Waals surface area contributed by atoms with E-state index in [4.69, 9.17) is 9.47 Å². The van der Waals surface area contributed by atoms with Gasteiger partial charge in [0, 0.05) is 30.8 Å². The molecule has 2 heterocycles. The lowest BCUT2D eigenvalue weighted by atomic mass is 10.1. The highest BCUT2D eigenvalue weighted by Crippen LogP contribution is 2.21. The average molecular weight is 265 g/mol. The smallest absolute Gasteiger partial charge is 0.236 e. The Morgan fingerprint density at radius 2 is 1.95 bits per heavy atom. The summed E-state index contributed by atoms with van der Waals surface area (Å²) in [7, 11) is 1.60. The van der Waals surface area contributed by atoms with Gasteiger partial charge in [-0.15, -0.1) is 10.2 Å². The highest BCUT2D eigenvalue weighted by molar-refractivity contribution is 5.27. The molecule has 0 aromatic carbocycles. The first-order valence-electron chi connectivity index (χ1n) is 6.89. The summed E-state index contributed by atoms with van der Waals surface area (Å²) in [5.41, 5.74) is 0.951. The largest absolute Gasteiger partial charge is 0.480 e. The fourth-order valence-electron chi connectivity index (χ4n) is 2.39. The molecule has 0 aliphatic carbocycles. The molecule has 0 amide bonds. The van der Waals surface area contributed by atoms with Gasteiger partial charge in [0.25, 0.3) is 0 Å². The molecule has 0 unspecified atom stereocenters. The van der Waals surface area contributed by atoms with E-state index in [-0.39, 0.29) is 6.10 Å². The Bertz CT molecular complexity index is 415. The van der Waals surface area contributed by atoms with Crippen LogP contribution in [0.15, 0.2) is 6.07 Å². The van der Waals surface area contributed by atoms with Gasteiger partial charge in [0.2, 0.25) is 11.8 Å². The van der Waals surface area contributed by atoms with Crippen LogP contribution in [0.1, 0.15) is 32.3 Å². The summed E-state index contributed by atoms with van der Waals surface area (Å²) in [6.45, 7) is 8.59. The van der Waals surface area contributed by atoms with Gasteiger partial charge in [-0.3, -0.25) is 0 Å². The van der Waals surface area contributed by atoms with E-state index in [2.05, 4.69) is 28.9 Å². The lowest BCUT2D eigenvalue weighted by Crippen LogP contribution is -2.41. The van der Waals surface area contributed by atoms with Gasteiger partial charge < -0.3 is 14.4 Å². The molecule has 5 heteroatoms. The molecule has 1 saturated heterocycles. The van der Waals surface area contributed by atoms with E-state index in [0.717, 1.165) is 31.5 Å². The quantitative estimate of drug-likeness (QED) is 0.834. The third kappa shape index (κ3) is 3.56. The Balaban J connectivity index is 1.90. The molecule has 0 bridgehead atoms. The van der Waals surface area contributed by atoms with Crippen molar-refractivity contribution in [1.29, 1.82) is 0 Å². The van der Waals surface area contributed by atoms with E-state index >= 15 is 0 Å². The van der Waals surface area contributed by atoms with Crippen molar-refractivity contribution in [2.24, 2.45) is 0 Å². The molecule has 1 aromatic rings. The molecule has 5 nitrogen and oxygen atoms in total. The Kier molecular flexibility index (Phi) is 4.58. The second-order valence-electron chi connectivity index (χ2n) is 5.32. The van der Waals surface area contributed by atoms with Crippen LogP contribution in [-0.2, 0) is 0 Å². The van der Waals surface area contributed by atoms with E-state index < -0.39 is 0 Å². The Morgan fingerprint density at radius 1 is 1.26 bits per heavy atom. The molecule has 1 aromatic heterocycles. The van der Waals surface area contributed by atoms with Crippen molar-refractivity contribution in [1.82, 2.24) is 15.1 Å².